The van der Waals surface area contributed by atoms with Gasteiger partial charge >= 0.3 is 0 Å². The summed E-state index contributed by atoms with van der Waals surface area (Å²) in [5, 5.41) is 2.51. The average molecular weight is 916 g/mol. The van der Waals surface area contributed by atoms with Gasteiger partial charge in [-0.05, 0) is 142 Å². The first-order valence-electron chi connectivity index (χ1n) is 24.9. The van der Waals surface area contributed by atoms with E-state index in [1.165, 1.54) is 99.8 Å². The molecule has 0 unspecified atom stereocenters. The van der Waals surface area contributed by atoms with Crippen molar-refractivity contribution in [3.8, 4) is 66.8 Å². The standard InChI is InChI=1S/C71H49N/c1-4-15-50(16-5-1)52-27-29-53(30-28-52)55-37-43-63(44-38-55)72(64-45-39-56(40-46-64)54-31-33-57(34-32-54)60-36-35-51-17-10-11-18-59(51)49-60)65-47-41-58(42-48-65)66-24-14-26-69-70(66)67-23-12-13-25-68(67)71(69,61-19-6-2-7-20-61)62-21-8-3-9-22-62/h1-49H. The summed E-state index contributed by atoms with van der Waals surface area (Å²) in [6.45, 7) is 0. The van der Waals surface area contributed by atoms with Gasteiger partial charge in [0.15, 0.2) is 0 Å². The van der Waals surface area contributed by atoms with Crippen molar-refractivity contribution in [3.05, 3.63) is 320 Å². The number of hydrogen-bond acceptors (Lipinski definition) is 1. The maximum absolute atomic E-state index is 2.37. The molecule has 0 amide bonds. The summed E-state index contributed by atoms with van der Waals surface area (Å²) in [6, 6.07) is 109. The van der Waals surface area contributed by atoms with E-state index in [4.69, 9.17) is 0 Å². The van der Waals surface area contributed by atoms with Crippen LogP contribution in [0.2, 0.25) is 0 Å². The molecule has 1 aliphatic carbocycles. The number of rotatable bonds is 10. The van der Waals surface area contributed by atoms with Crippen LogP contribution >= 0.6 is 0 Å². The zero-order valence-electron chi connectivity index (χ0n) is 39.7. The van der Waals surface area contributed by atoms with E-state index in [1.54, 1.807) is 0 Å². The highest BCUT2D eigenvalue weighted by Gasteiger charge is 2.46. The summed E-state index contributed by atoms with van der Waals surface area (Å²) in [7, 11) is 0. The van der Waals surface area contributed by atoms with Gasteiger partial charge in [0, 0.05) is 17.1 Å². The van der Waals surface area contributed by atoms with E-state index in [1.807, 2.05) is 0 Å². The maximum Gasteiger partial charge on any atom is 0.0713 e. The molecule has 338 valence electrons. The summed E-state index contributed by atoms with van der Waals surface area (Å²) >= 11 is 0. The Morgan fingerprint density at radius 1 is 0.222 bits per heavy atom. The Hall–Kier alpha value is -9.30. The first-order valence-corrected chi connectivity index (χ1v) is 24.9. The summed E-state index contributed by atoms with van der Waals surface area (Å²) < 4.78 is 0. The van der Waals surface area contributed by atoms with Gasteiger partial charge in [-0.2, -0.15) is 0 Å². The Morgan fingerprint density at radius 3 is 1.11 bits per heavy atom. The number of nitrogens with zero attached hydrogens (tertiary/aromatic N) is 1. The van der Waals surface area contributed by atoms with E-state index in [0.717, 1.165) is 17.1 Å². The minimum atomic E-state index is -0.456. The Morgan fingerprint density at radius 2 is 0.583 bits per heavy atom. The molecule has 0 bridgehead atoms. The monoisotopic (exact) mass is 915 g/mol. The fourth-order valence-electron chi connectivity index (χ4n) is 11.3. The number of fused-ring (bicyclic) bond motifs is 4. The maximum atomic E-state index is 2.37. The molecule has 12 aromatic rings. The first kappa shape index (κ1) is 42.8. The van der Waals surface area contributed by atoms with Crippen LogP contribution in [0.5, 0.6) is 0 Å². The highest BCUT2D eigenvalue weighted by Crippen LogP contribution is 2.58. The van der Waals surface area contributed by atoms with Crippen LogP contribution in [0.3, 0.4) is 0 Å². The lowest BCUT2D eigenvalue weighted by Gasteiger charge is -2.34. The second kappa shape index (κ2) is 18.2. The second-order valence-corrected chi connectivity index (χ2v) is 18.8. The summed E-state index contributed by atoms with van der Waals surface area (Å²) in [6.07, 6.45) is 0. The molecule has 0 saturated heterocycles. The molecule has 1 heteroatoms. The van der Waals surface area contributed by atoms with Gasteiger partial charge in [0.05, 0.1) is 5.41 Å². The van der Waals surface area contributed by atoms with Gasteiger partial charge in [-0.15, -0.1) is 0 Å². The normalized spacial score (nSPS) is 12.3. The minimum absolute atomic E-state index is 0.456. The third kappa shape index (κ3) is 7.51. The largest absolute Gasteiger partial charge is 0.311 e. The third-order valence-corrected chi connectivity index (χ3v) is 14.8. The smallest absolute Gasteiger partial charge is 0.0713 e. The fraction of sp³-hybridized carbons (Fsp3) is 0.0141. The molecular formula is C71H49N. The Bertz CT molecular complexity index is 3800. The van der Waals surface area contributed by atoms with E-state index in [0.29, 0.717) is 0 Å². The third-order valence-electron chi connectivity index (χ3n) is 14.8. The summed E-state index contributed by atoms with van der Waals surface area (Å²) in [5.41, 5.74) is 22.5. The van der Waals surface area contributed by atoms with Crippen LogP contribution in [0, 0.1) is 0 Å². The first-order chi connectivity index (χ1) is 35.7. The molecule has 0 saturated carbocycles. The molecule has 0 spiro atoms. The zero-order valence-corrected chi connectivity index (χ0v) is 39.7. The van der Waals surface area contributed by atoms with Crippen LogP contribution in [0.25, 0.3) is 77.5 Å². The summed E-state index contributed by atoms with van der Waals surface area (Å²) in [4.78, 5) is 2.37. The molecular weight excluding hydrogens is 867 g/mol. The van der Waals surface area contributed by atoms with Crippen LogP contribution in [0.4, 0.5) is 17.1 Å². The molecule has 1 aliphatic rings. The predicted octanol–water partition coefficient (Wildman–Crippen LogP) is 19.0. The molecule has 12 aromatic carbocycles. The van der Waals surface area contributed by atoms with E-state index >= 15 is 0 Å². The second-order valence-electron chi connectivity index (χ2n) is 18.8. The van der Waals surface area contributed by atoms with Gasteiger partial charge in [0.2, 0.25) is 0 Å². The van der Waals surface area contributed by atoms with E-state index in [9.17, 15) is 0 Å². The van der Waals surface area contributed by atoms with E-state index in [2.05, 4.69) is 302 Å². The van der Waals surface area contributed by atoms with Gasteiger partial charge in [-0.25, -0.2) is 0 Å². The van der Waals surface area contributed by atoms with Gasteiger partial charge < -0.3 is 4.90 Å². The molecule has 72 heavy (non-hydrogen) atoms. The highest BCUT2D eigenvalue weighted by atomic mass is 15.1. The van der Waals surface area contributed by atoms with E-state index in [-0.39, 0.29) is 0 Å². The van der Waals surface area contributed by atoms with Crippen molar-refractivity contribution in [1.29, 1.82) is 0 Å². The van der Waals surface area contributed by atoms with Crippen molar-refractivity contribution >= 4 is 27.8 Å². The van der Waals surface area contributed by atoms with Crippen molar-refractivity contribution < 1.29 is 0 Å². The lowest BCUT2D eigenvalue weighted by Crippen LogP contribution is -2.28. The Kier molecular flexibility index (Phi) is 10.8. The highest BCUT2D eigenvalue weighted by molar-refractivity contribution is 5.96. The van der Waals surface area contributed by atoms with Crippen molar-refractivity contribution in [3.63, 3.8) is 0 Å². The van der Waals surface area contributed by atoms with Crippen LogP contribution in [-0.2, 0) is 5.41 Å². The molecule has 0 aromatic heterocycles. The van der Waals surface area contributed by atoms with Gasteiger partial charge in [0.25, 0.3) is 0 Å². The van der Waals surface area contributed by atoms with Crippen LogP contribution < -0.4 is 4.90 Å². The number of hydrogen-bond donors (Lipinski definition) is 0. The van der Waals surface area contributed by atoms with Crippen LogP contribution in [0.15, 0.2) is 297 Å². The molecule has 0 N–H and O–H groups in total. The topological polar surface area (TPSA) is 3.24 Å². The minimum Gasteiger partial charge on any atom is -0.311 e. The number of anilines is 3. The molecule has 0 radical (unpaired) electrons. The quantitative estimate of drug-likeness (QED) is 0.132. The lowest BCUT2D eigenvalue weighted by molar-refractivity contribution is 0.768. The fourth-order valence-corrected chi connectivity index (χ4v) is 11.3. The lowest BCUT2D eigenvalue weighted by atomic mass is 9.67. The van der Waals surface area contributed by atoms with Crippen LogP contribution in [-0.4, -0.2) is 0 Å². The van der Waals surface area contributed by atoms with Crippen LogP contribution in [0.1, 0.15) is 22.3 Å². The van der Waals surface area contributed by atoms with E-state index < -0.39 is 5.41 Å². The SMILES string of the molecule is c1ccc(-c2ccc(-c3ccc(N(c4ccc(-c5ccc(-c6ccc7ccccc7c6)cc5)cc4)c4ccc(-c5cccc6c5-c5ccccc5C6(c5ccccc5)c5ccccc5)cc4)cc3)cc2)cc1. The van der Waals surface area contributed by atoms with Crippen molar-refractivity contribution in [2.24, 2.45) is 0 Å². The van der Waals surface area contributed by atoms with Crippen molar-refractivity contribution in [2.45, 2.75) is 5.41 Å². The zero-order chi connectivity index (χ0) is 47.8. The van der Waals surface area contributed by atoms with Gasteiger partial charge in [-0.1, -0.05) is 255 Å². The molecule has 0 atom stereocenters. The molecule has 13 rings (SSSR count). The van der Waals surface area contributed by atoms with Crippen molar-refractivity contribution in [2.75, 3.05) is 4.90 Å². The molecule has 0 fully saturated rings. The molecule has 0 heterocycles. The van der Waals surface area contributed by atoms with Gasteiger partial charge in [-0.3, -0.25) is 0 Å². The molecule has 1 nitrogen and oxygen atoms in total. The summed E-state index contributed by atoms with van der Waals surface area (Å²) in [5.74, 6) is 0. The number of benzene rings is 12. The average Bonchev–Trinajstić information content (AvgIpc) is 3.78. The predicted molar refractivity (Wildman–Crippen MR) is 303 cm³/mol. The van der Waals surface area contributed by atoms with Gasteiger partial charge in [0.1, 0.15) is 0 Å². The molecule has 0 aliphatic heterocycles. The Balaban J connectivity index is 0.870. The van der Waals surface area contributed by atoms with Crippen molar-refractivity contribution in [1.82, 2.24) is 0 Å². The Labute approximate surface area is 422 Å².